The van der Waals surface area contributed by atoms with Crippen molar-refractivity contribution in [1.29, 1.82) is 0 Å². The first-order valence-corrected chi connectivity index (χ1v) is 12.6. The molecule has 1 atom stereocenters. The van der Waals surface area contributed by atoms with Crippen molar-refractivity contribution in [3.05, 3.63) is 71.9 Å². The highest BCUT2D eigenvalue weighted by Gasteiger charge is 2.28. The van der Waals surface area contributed by atoms with Crippen molar-refractivity contribution in [2.75, 3.05) is 11.4 Å². The molecule has 4 heterocycles. The van der Waals surface area contributed by atoms with Gasteiger partial charge in [0, 0.05) is 23.8 Å². The molecule has 0 spiro atoms. The minimum absolute atomic E-state index is 0.0713. The molecule has 1 fully saturated rings. The van der Waals surface area contributed by atoms with Gasteiger partial charge >= 0.3 is 0 Å². The van der Waals surface area contributed by atoms with E-state index >= 15 is 0 Å². The summed E-state index contributed by atoms with van der Waals surface area (Å²) >= 11 is 1.56. The minimum atomic E-state index is -0.310. The SMILES string of the molecule is C=C(CC)SC(=C)c1cnn2ccc(N3CCCC3c3cncc(F)c3)nc12.CC.CCC. The van der Waals surface area contributed by atoms with Crippen LogP contribution in [0, 0.1) is 5.82 Å². The van der Waals surface area contributed by atoms with Crippen LogP contribution < -0.4 is 4.90 Å². The Labute approximate surface area is 201 Å². The molecule has 33 heavy (non-hydrogen) atoms. The minimum Gasteiger partial charge on any atom is -0.349 e. The molecule has 5 nitrogen and oxygen atoms in total. The molecule has 4 rings (SSSR count). The standard InChI is InChI=1S/C21H22FN5S.C3H8.C2H6/c1-4-14(2)28-15(3)18-13-24-27-9-7-20(25-21(18)27)26-8-5-6-19(26)16-10-17(22)12-23-11-16;1-3-2;1-2/h7,9-13,19H,2-6,8H2,1H3;3H2,1-2H3;1-2H3. The number of aromatic nitrogens is 4. The average Bonchev–Trinajstić information content (AvgIpc) is 3.48. The number of nitrogens with zero attached hydrogens (tertiary/aromatic N) is 5. The quantitative estimate of drug-likeness (QED) is 0.370. The fourth-order valence-electron chi connectivity index (χ4n) is 3.52. The monoisotopic (exact) mass is 469 g/mol. The van der Waals surface area contributed by atoms with Crippen LogP contribution in [0.3, 0.4) is 0 Å². The van der Waals surface area contributed by atoms with Gasteiger partial charge in [0.1, 0.15) is 11.6 Å². The molecule has 178 valence electrons. The Balaban J connectivity index is 0.000000714. The molecule has 1 saturated heterocycles. The second kappa shape index (κ2) is 13.1. The zero-order valence-electron chi connectivity index (χ0n) is 20.5. The van der Waals surface area contributed by atoms with E-state index in [0.717, 1.165) is 58.2 Å². The Bertz CT molecular complexity index is 1060. The van der Waals surface area contributed by atoms with Gasteiger partial charge < -0.3 is 4.90 Å². The van der Waals surface area contributed by atoms with Crippen LogP contribution >= 0.6 is 11.8 Å². The number of rotatable bonds is 6. The number of allylic oxidation sites excluding steroid dienone is 1. The largest absolute Gasteiger partial charge is 0.349 e. The summed E-state index contributed by atoms with van der Waals surface area (Å²) < 4.78 is 15.4. The van der Waals surface area contributed by atoms with Crippen molar-refractivity contribution >= 4 is 28.1 Å². The fourth-order valence-corrected chi connectivity index (χ4v) is 4.26. The predicted octanol–water partition coefficient (Wildman–Crippen LogP) is 7.68. The van der Waals surface area contributed by atoms with E-state index in [-0.39, 0.29) is 11.9 Å². The second-order valence-corrected chi connectivity index (χ2v) is 8.80. The summed E-state index contributed by atoms with van der Waals surface area (Å²) in [6.07, 6.45) is 10.8. The Morgan fingerprint density at radius 1 is 1.18 bits per heavy atom. The molecule has 0 aliphatic carbocycles. The highest BCUT2D eigenvalue weighted by Crippen LogP contribution is 2.37. The molecular weight excluding hydrogens is 433 g/mol. The van der Waals surface area contributed by atoms with Gasteiger partial charge in [-0.05, 0) is 41.9 Å². The van der Waals surface area contributed by atoms with Crippen molar-refractivity contribution in [3.63, 3.8) is 0 Å². The molecule has 1 aliphatic heterocycles. The summed E-state index contributed by atoms with van der Waals surface area (Å²) in [6, 6.07) is 3.59. The van der Waals surface area contributed by atoms with E-state index in [9.17, 15) is 4.39 Å². The third-order valence-electron chi connectivity index (χ3n) is 4.97. The van der Waals surface area contributed by atoms with Gasteiger partial charge in [-0.15, -0.1) is 0 Å². The zero-order valence-corrected chi connectivity index (χ0v) is 21.3. The first-order chi connectivity index (χ1) is 16.0. The summed E-state index contributed by atoms with van der Waals surface area (Å²) in [5, 5.41) is 4.40. The van der Waals surface area contributed by atoms with Crippen LogP contribution in [0.25, 0.3) is 10.6 Å². The van der Waals surface area contributed by atoms with E-state index in [1.165, 1.54) is 12.6 Å². The van der Waals surface area contributed by atoms with E-state index in [1.54, 1.807) is 34.7 Å². The van der Waals surface area contributed by atoms with Crippen LogP contribution in [0.15, 0.2) is 55.0 Å². The van der Waals surface area contributed by atoms with Crippen molar-refractivity contribution in [2.45, 2.75) is 66.3 Å². The third kappa shape index (κ3) is 6.67. The molecule has 3 aromatic heterocycles. The topological polar surface area (TPSA) is 46.3 Å². The highest BCUT2D eigenvalue weighted by molar-refractivity contribution is 8.11. The normalized spacial score (nSPS) is 14.8. The molecule has 1 aliphatic rings. The van der Waals surface area contributed by atoms with Crippen LogP contribution in [0.4, 0.5) is 10.2 Å². The number of hydrogen-bond acceptors (Lipinski definition) is 5. The summed E-state index contributed by atoms with van der Waals surface area (Å²) in [5.41, 5.74) is 2.55. The number of hydrogen-bond donors (Lipinski definition) is 0. The number of anilines is 1. The maximum atomic E-state index is 13.7. The van der Waals surface area contributed by atoms with Crippen molar-refractivity contribution in [2.24, 2.45) is 0 Å². The third-order valence-corrected chi connectivity index (χ3v) is 6.02. The lowest BCUT2D eigenvalue weighted by Crippen LogP contribution is -2.24. The van der Waals surface area contributed by atoms with E-state index in [2.05, 4.69) is 48.9 Å². The smallest absolute Gasteiger partial charge is 0.165 e. The fraction of sp³-hybridized carbons (Fsp3) is 0.423. The van der Waals surface area contributed by atoms with E-state index < -0.39 is 0 Å². The van der Waals surface area contributed by atoms with Gasteiger partial charge in [0.25, 0.3) is 0 Å². The van der Waals surface area contributed by atoms with Gasteiger partial charge in [0.15, 0.2) is 5.65 Å². The molecule has 0 N–H and O–H groups in total. The Kier molecular flexibility index (Phi) is 10.6. The maximum Gasteiger partial charge on any atom is 0.165 e. The van der Waals surface area contributed by atoms with Crippen molar-refractivity contribution in [1.82, 2.24) is 19.6 Å². The van der Waals surface area contributed by atoms with Gasteiger partial charge in [-0.2, -0.15) is 5.10 Å². The second-order valence-electron chi connectivity index (χ2n) is 7.52. The van der Waals surface area contributed by atoms with Crippen LogP contribution in [0.1, 0.15) is 77.5 Å². The Morgan fingerprint density at radius 3 is 2.58 bits per heavy atom. The lowest BCUT2D eigenvalue weighted by Gasteiger charge is -2.26. The van der Waals surface area contributed by atoms with Gasteiger partial charge in [0.05, 0.1) is 24.0 Å². The molecule has 7 heteroatoms. The van der Waals surface area contributed by atoms with Gasteiger partial charge in [-0.25, -0.2) is 13.9 Å². The van der Waals surface area contributed by atoms with Crippen molar-refractivity contribution in [3.8, 4) is 0 Å². The highest BCUT2D eigenvalue weighted by atomic mass is 32.2. The van der Waals surface area contributed by atoms with E-state index in [4.69, 9.17) is 4.98 Å². The van der Waals surface area contributed by atoms with E-state index in [0.29, 0.717) is 0 Å². The summed E-state index contributed by atoms with van der Waals surface area (Å²) in [5.74, 6) is 0.545. The molecule has 1 unspecified atom stereocenters. The lowest BCUT2D eigenvalue weighted by atomic mass is 10.1. The number of pyridine rings is 1. The molecule has 0 saturated carbocycles. The molecule has 0 radical (unpaired) electrons. The maximum absolute atomic E-state index is 13.7. The number of fused-ring (bicyclic) bond motifs is 1. The Morgan fingerprint density at radius 2 is 1.91 bits per heavy atom. The molecule has 0 aromatic carbocycles. The molecule has 3 aromatic rings. The van der Waals surface area contributed by atoms with Crippen LogP contribution in [-0.2, 0) is 0 Å². The first kappa shape index (κ1) is 26.6. The Hall–Kier alpha value is -2.67. The summed E-state index contributed by atoms with van der Waals surface area (Å²) in [6.45, 7) is 19.4. The number of thioether (sulfide) groups is 1. The predicted molar refractivity (Wildman–Crippen MR) is 140 cm³/mol. The zero-order chi connectivity index (χ0) is 24.4. The first-order valence-electron chi connectivity index (χ1n) is 11.7. The summed E-state index contributed by atoms with van der Waals surface area (Å²) in [4.78, 5) is 13.0. The number of halogens is 1. The van der Waals surface area contributed by atoms with E-state index in [1.807, 2.05) is 26.1 Å². The summed E-state index contributed by atoms with van der Waals surface area (Å²) in [7, 11) is 0. The van der Waals surface area contributed by atoms with Crippen LogP contribution in [0.2, 0.25) is 0 Å². The van der Waals surface area contributed by atoms with Crippen LogP contribution in [0.5, 0.6) is 0 Å². The van der Waals surface area contributed by atoms with Crippen molar-refractivity contribution < 1.29 is 4.39 Å². The molecule has 0 amide bonds. The van der Waals surface area contributed by atoms with Gasteiger partial charge in [0.2, 0.25) is 0 Å². The van der Waals surface area contributed by atoms with Crippen LogP contribution in [-0.4, -0.2) is 26.1 Å². The van der Waals surface area contributed by atoms with Gasteiger partial charge in [-0.3, -0.25) is 4.98 Å². The molecule has 0 bridgehead atoms. The van der Waals surface area contributed by atoms with Gasteiger partial charge in [-0.1, -0.05) is 66.0 Å². The lowest BCUT2D eigenvalue weighted by molar-refractivity contribution is 0.610. The molecular formula is C26H36FN5S. The average molecular weight is 470 g/mol.